The lowest BCUT2D eigenvalue weighted by Gasteiger charge is -2.26. The second kappa shape index (κ2) is 7.41. The van der Waals surface area contributed by atoms with Crippen LogP contribution in [0.5, 0.6) is 0 Å². The van der Waals surface area contributed by atoms with Crippen LogP contribution in [0.1, 0.15) is 19.3 Å². The molecule has 2 N–H and O–H groups in total. The van der Waals surface area contributed by atoms with E-state index in [4.69, 9.17) is 11.6 Å². The lowest BCUT2D eigenvalue weighted by Crippen LogP contribution is -2.35. The summed E-state index contributed by atoms with van der Waals surface area (Å²) >= 11 is 6.03. The fraction of sp³-hybridized carbons (Fsp3) is 0.500. The lowest BCUT2D eigenvalue weighted by molar-refractivity contribution is -0.115. The highest BCUT2D eigenvalue weighted by Crippen LogP contribution is 2.28. The van der Waals surface area contributed by atoms with E-state index in [0.717, 1.165) is 19.3 Å². The largest absolute Gasteiger partial charge is 0.324 e. The number of hydrogen-bond acceptors (Lipinski definition) is 4. The molecule has 22 heavy (non-hydrogen) atoms. The highest BCUT2D eigenvalue weighted by Gasteiger charge is 2.26. The van der Waals surface area contributed by atoms with E-state index < -0.39 is 10.0 Å². The molecule has 8 heteroatoms. The molecule has 1 aromatic carbocycles. The number of likely N-dealkylation sites (N-methyl/N-ethyl adjacent to an activating group) is 1. The number of anilines is 1. The van der Waals surface area contributed by atoms with Crippen LogP contribution in [0.15, 0.2) is 23.1 Å². The topological polar surface area (TPSA) is 78.5 Å². The standard InChI is InChI=1S/C14H20ClN3O3S/c1-16-10-14(19)17-13-9-11(5-6-12(13)15)22(20,21)18-7-3-2-4-8-18/h5-6,9,16H,2-4,7-8,10H2,1H3,(H,17,19). The first-order chi connectivity index (χ1) is 10.4. The third-order valence-corrected chi connectivity index (χ3v) is 5.73. The van der Waals surface area contributed by atoms with Crippen molar-refractivity contribution in [2.24, 2.45) is 0 Å². The Morgan fingerprint density at radius 2 is 1.95 bits per heavy atom. The molecule has 1 aromatic rings. The van der Waals surface area contributed by atoms with Crippen molar-refractivity contribution in [1.29, 1.82) is 0 Å². The number of hydrogen-bond donors (Lipinski definition) is 2. The lowest BCUT2D eigenvalue weighted by atomic mass is 10.2. The molecule has 1 aliphatic heterocycles. The van der Waals surface area contributed by atoms with Gasteiger partial charge in [0.05, 0.1) is 22.2 Å². The van der Waals surface area contributed by atoms with Crippen LogP contribution < -0.4 is 10.6 Å². The van der Waals surface area contributed by atoms with Gasteiger partial charge < -0.3 is 10.6 Å². The molecule has 6 nitrogen and oxygen atoms in total. The summed E-state index contributed by atoms with van der Waals surface area (Å²) < 4.78 is 26.7. The zero-order valence-electron chi connectivity index (χ0n) is 12.4. The second-order valence-electron chi connectivity index (χ2n) is 5.18. The summed E-state index contributed by atoms with van der Waals surface area (Å²) in [5.74, 6) is -0.281. The summed E-state index contributed by atoms with van der Waals surface area (Å²) in [6.45, 7) is 1.19. The summed E-state index contributed by atoms with van der Waals surface area (Å²) in [6.07, 6.45) is 2.80. The van der Waals surface area contributed by atoms with Gasteiger partial charge in [0, 0.05) is 13.1 Å². The quantitative estimate of drug-likeness (QED) is 0.851. The number of rotatable bonds is 5. The van der Waals surface area contributed by atoms with Crippen molar-refractivity contribution in [3.8, 4) is 0 Å². The van der Waals surface area contributed by atoms with Crippen LogP contribution >= 0.6 is 11.6 Å². The average Bonchev–Trinajstić information content (AvgIpc) is 2.50. The Morgan fingerprint density at radius 1 is 1.27 bits per heavy atom. The summed E-state index contributed by atoms with van der Waals surface area (Å²) in [4.78, 5) is 11.8. The highest BCUT2D eigenvalue weighted by atomic mass is 35.5. The maximum absolute atomic E-state index is 12.6. The average molecular weight is 346 g/mol. The Morgan fingerprint density at radius 3 is 2.59 bits per heavy atom. The molecule has 2 rings (SSSR count). The van der Waals surface area contributed by atoms with E-state index in [9.17, 15) is 13.2 Å². The Labute approximate surface area is 135 Å². The van der Waals surface area contributed by atoms with E-state index in [0.29, 0.717) is 23.8 Å². The molecular weight excluding hydrogens is 326 g/mol. The van der Waals surface area contributed by atoms with Crippen molar-refractivity contribution in [3.05, 3.63) is 23.2 Å². The molecule has 122 valence electrons. The minimum absolute atomic E-state index is 0.124. The van der Waals surface area contributed by atoms with Gasteiger partial charge in [-0.1, -0.05) is 18.0 Å². The molecule has 0 unspecified atom stereocenters. The van der Waals surface area contributed by atoms with E-state index in [2.05, 4.69) is 10.6 Å². The zero-order chi connectivity index (χ0) is 16.2. The van der Waals surface area contributed by atoms with Gasteiger partial charge >= 0.3 is 0 Å². The Hall–Kier alpha value is -1.15. The van der Waals surface area contributed by atoms with Crippen molar-refractivity contribution >= 4 is 33.2 Å². The summed E-state index contributed by atoms with van der Waals surface area (Å²) in [5.41, 5.74) is 0.306. The molecule has 0 spiro atoms. The molecule has 0 aliphatic carbocycles. The van der Waals surface area contributed by atoms with Crippen molar-refractivity contribution in [1.82, 2.24) is 9.62 Å². The van der Waals surface area contributed by atoms with E-state index in [1.807, 2.05) is 0 Å². The second-order valence-corrected chi connectivity index (χ2v) is 7.53. The van der Waals surface area contributed by atoms with Crippen LogP contribution in [-0.4, -0.2) is 45.3 Å². The number of sulfonamides is 1. The van der Waals surface area contributed by atoms with Crippen LogP contribution in [0.3, 0.4) is 0 Å². The van der Waals surface area contributed by atoms with Crippen molar-refractivity contribution < 1.29 is 13.2 Å². The van der Waals surface area contributed by atoms with Crippen LogP contribution in [0.4, 0.5) is 5.69 Å². The third kappa shape index (κ3) is 3.98. The van der Waals surface area contributed by atoms with Crippen LogP contribution in [0, 0.1) is 0 Å². The van der Waals surface area contributed by atoms with Crippen LogP contribution in [-0.2, 0) is 14.8 Å². The van der Waals surface area contributed by atoms with Crippen molar-refractivity contribution in [2.75, 3.05) is 32.0 Å². The fourth-order valence-electron chi connectivity index (χ4n) is 2.37. The minimum Gasteiger partial charge on any atom is -0.324 e. The molecule has 0 aromatic heterocycles. The third-order valence-electron chi connectivity index (χ3n) is 3.50. The Kier molecular flexibility index (Phi) is 5.80. The maximum atomic E-state index is 12.6. The number of piperidine rings is 1. The first-order valence-corrected chi connectivity index (χ1v) is 9.01. The first kappa shape index (κ1) is 17.2. The van der Waals surface area contributed by atoms with Gasteiger partial charge in [0.15, 0.2) is 0 Å². The van der Waals surface area contributed by atoms with E-state index in [1.54, 1.807) is 7.05 Å². The maximum Gasteiger partial charge on any atom is 0.243 e. The van der Waals surface area contributed by atoms with Gasteiger partial charge in [0.2, 0.25) is 15.9 Å². The molecule has 1 fully saturated rings. The number of benzene rings is 1. The molecule has 1 amide bonds. The van der Waals surface area contributed by atoms with Crippen molar-refractivity contribution in [3.63, 3.8) is 0 Å². The van der Waals surface area contributed by atoms with E-state index in [-0.39, 0.29) is 17.3 Å². The Balaban J connectivity index is 2.26. The SMILES string of the molecule is CNCC(=O)Nc1cc(S(=O)(=O)N2CCCCC2)ccc1Cl. The monoisotopic (exact) mass is 345 g/mol. The summed E-state index contributed by atoms with van der Waals surface area (Å²) in [7, 11) is -1.89. The highest BCUT2D eigenvalue weighted by molar-refractivity contribution is 7.89. The number of carbonyl (C=O) groups is 1. The van der Waals surface area contributed by atoms with Gasteiger partial charge in [-0.05, 0) is 38.1 Å². The molecule has 1 heterocycles. The number of halogens is 1. The summed E-state index contributed by atoms with van der Waals surface area (Å²) in [5, 5.41) is 5.64. The molecule has 1 aliphatic rings. The molecule has 0 radical (unpaired) electrons. The fourth-order valence-corrected chi connectivity index (χ4v) is 4.08. The van der Waals surface area contributed by atoms with Gasteiger partial charge in [0.1, 0.15) is 0 Å². The predicted molar refractivity (Wildman–Crippen MR) is 86.6 cm³/mol. The van der Waals surface area contributed by atoms with E-state index >= 15 is 0 Å². The predicted octanol–water partition coefficient (Wildman–Crippen LogP) is 1.67. The molecule has 0 atom stereocenters. The van der Waals surface area contributed by atoms with Crippen LogP contribution in [0.2, 0.25) is 5.02 Å². The van der Waals surface area contributed by atoms with Gasteiger partial charge in [0.25, 0.3) is 0 Å². The number of carbonyl (C=O) groups excluding carboxylic acids is 1. The number of nitrogens with zero attached hydrogens (tertiary/aromatic N) is 1. The smallest absolute Gasteiger partial charge is 0.243 e. The number of nitrogens with one attached hydrogen (secondary N) is 2. The normalized spacial score (nSPS) is 16.5. The van der Waals surface area contributed by atoms with Crippen molar-refractivity contribution in [2.45, 2.75) is 24.2 Å². The van der Waals surface area contributed by atoms with Gasteiger partial charge in [-0.15, -0.1) is 0 Å². The minimum atomic E-state index is -3.54. The van der Waals surface area contributed by atoms with Gasteiger partial charge in [-0.25, -0.2) is 8.42 Å². The molecular formula is C14H20ClN3O3S. The molecule has 0 saturated carbocycles. The molecule has 1 saturated heterocycles. The molecule has 0 bridgehead atoms. The van der Waals surface area contributed by atoms with Gasteiger partial charge in [-0.3, -0.25) is 4.79 Å². The number of amides is 1. The first-order valence-electron chi connectivity index (χ1n) is 7.19. The zero-order valence-corrected chi connectivity index (χ0v) is 14.0. The van der Waals surface area contributed by atoms with Gasteiger partial charge in [-0.2, -0.15) is 4.31 Å². The van der Waals surface area contributed by atoms with E-state index in [1.165, 1.54) is 22.5 Å². The Bertz CT molecular complexity index is 643. The van der Waals surface area contributed by atoms with Crippen LogP contribution in [0.25, 0.3) is 0 Å². The summed E-state index contributed by atoms with van der Waals surface area (Å²) in [6, 6.07) is 4.38.